The van der Waals surface area contributed by atoms with Crippen LogP contribution in [0.5, 0.6) is 0 Å². The van der Waals surface area contributed by atoms with Crippen LogP contribution in [-0.4, -0.2) is 39.1 Å². The molecule has 0 aromatic carbocycles. The van der Waals surface area contributed by atoms with Gasteiger partial charge in [0.15, 0.2) is 0 Å². The van der Waals surface area contributed by atoms with Gasteiger partial charge >= 0.3 is 0 Å². The van der Waals surface area contributed by atoms with Crippen LogP contribution in [0.25, 0.3) is 0 Å². The van der Waals surface area contributed by atoms with Gasteiger partial charge in [0.2, 0.25) is 11.8 Å². The number of nitrogens with zero attached hydrogens (tertiary/aromatic N) is 3. The quantitative estimate of drug-likeness (QED) is 0.870. The predicted molar refractivity (Wildman–Crippen MR) is 92.5 cm³/mol. The predicted octanol–water partition coefficient (Wildman–Crippen LogP) is 2.44. The Morgan fingerprint density at radius 2 is 2.08 bits per heavy atom. The van der Waals surface area contributed by atoms with E-state index in [0.29, 0.717) is 12.5 Å². The van der Waals surface area contributed by atoms with Gasteiger partial charge in [-0.05, 0) is 38.0 Å². The molecule has 1 saturated carbocycles. The van der Waals surface area contributed by atoms with E-state index in [-0.39, 0.29) is 23.8 Å². The second-order valence-electron chi connectivity index (χ2n) is 7.39. The van der Waals surface area contributed by atoms with Crippen molar-refractivity contribution in [3.8, 4) is 0 Å². The minimum atomic E-state index is -0.323. The zero-order valence-electron chi connectivity index (χ0n) is 14.9. The van der Waals surface area contributed by atoms with Crippen LogP contribution >= 0.6 is 0 Å². The summed E-state index contributed by atoms with van der Waals surface area (Å²) in [6.07, 6.45) is 6.17. The number of likely N-dealkylation sites (tertiary alicyclic amines) is 1. The van der Waals surface area contributed by atoms with E-state index < -0.39 is 0 Å². The Hall–Kier alpha value is -1.85. The summed E-state index contributed by atoms with van der Waals surface area (Å²) in [5.41, 5.74) is 1.84. The summed E-state index contributed by atoms with van der Waals surface area (Å²) in [6.45, 7) is 7.93. The van der Waals surface area contributed by atoms with E-state index in [1.807, 2.05) is 4.68 Å². The maximum atomic E-state index is 12.7. The highest BCUT2D eigenvalue weighted by Crippen LogP contribution is 2.34. The molecule has 2 heterocycles. The average molecular weight is 332 g/mol. The largest absolute Gasteiger partial charge is 0.330 e. The first-order valence-corrected chi connectivity index (χ1v) is 9.17. The molecule has 1 unspecified atom stereocenters. The number of carbonyl (C=O) groups excluding carboxylic acids is 2. The maximum Gasteiger partial charge on any atom is 0.247 e. The molecule has 132 valence electrons. The van der Waals surface area contributed by atoms with Crippen molar-refractivity contribution in [3.63, 3.8) is 0 Å². The van der Waals surface area contributed by atoms with Crippen molar-refractivity contribution in [2.24, 2.45) is 11.8 Å². The third-order valence-corrected chi connectivity index (χ3v) is 4.84. The number of amides is 2. The van der Waals surface area contributed by atoms with Crippen LogP contribution in [0.1, 0.15) is 52.1 Å². The van der Waals surface area contributed by atoms with Crippen LogP contribution < -0.4 is 5.32 Å². The first-order valence-electron chi connectivity index (χ1n) is 9.17. The standard InChI is InChI=1S/C18H28N4O2/c1-4-15-14(10-19-22(15)11-12(2)3)20-17(23)16-6-5-9-21(16)18(24)13-7-8-13/h10,12-13,16H,4-9,11H2,1-3H3,(H,20,23). The number of aromatic nitrogens is 2. The van der Waals surface area contributed by atoms with E-state index in [0.717, 1.165) is 50.0 Å². The molecule has 1 aliphatic heterocycles. The van der Waals surface area contributed by atoms with Crippen LogP contribution in [0.2, 0.25) is 0 Å². The molecule has 0 bridgehead atoms. The van der Waals surface area contributed by atoms with E-state index >= 15 is 0 Å². The molecule has 6 heteroatoms. The van der Waals surface area contributed by atoms with Crippen LogP contribution in [-0.2, 0) is 22.6 Å². The summed E-state index contributed by atoms with van der Waals surface area (Å²) >= 11 is 0. The summed E-state index contributed by atoms with van der Waals surface area (Å²) in [6, 6.07) is -0.323. The number of anilines is 1. The lowest BCUT2D eigenvalue weighted by Crippen LogP contribution is -2.43. The Labute approximate surface area is 143 Å². The van der Waals surface area contributed by atoms with E-state index in [4.69, 9.17) is 0 Å². The van der Waals surface area contributed by atoms with Gasteiger partial charge in [0.1, 0.15) is 6.04 Å². The highest BCUT2D eigenvalue weighted by Gasteiger charge is 2.41. The molecular weight excluding hydrogens is 304 g/mol. The molecule has 1 atom stereocenters. The fourth-order valence-corrected chi connectivity index (χ4v) is 3.48. The van der Waals surface area contributed by atoms with Crippen molar-refractivity contribution in [3.05, 3.63) is 11.9 Å². The van der Waals surface area contributed by atoms with Gasteiger partial charge in [0.25, 0.3) is 0 Å². The molecule has 1 saturated heterocycles. The highest BCUT2D eigenvalue weighted by atomic mass is 16.2. The zero-order chi connectivity index (χ0) is 17.3. The fraction of sp³-hybridized carbons (Fsp3) is 0.722. The third-order valence-electron chi connectivity index (χ3n) is 4.84. The monoisotopic (exact) mass is 332 g/mol. The fourth-order valence-electron chi connectivity index (χ4n) is 3.48. The molecule has 0 radical (unpaired) electrons. The molecule has 2 fully saturated rings. The van der Waals surface area contributed by atoms with E-state index in [9.17, 15) is 9.59 Å². The van der Waals surface area contributed by atoms with Gasteiger partial charge in [-0.2, -0.15) is 5.10 Å². The Kier molecular flexibility index (Phi) is 4.92. The lowest BCUT2D eigenvalue weighted by atomic mass is 10.2. The van der Waals surface area contributed by atoms with Gasteiger partial charge in [-0.1, -0.05) is 20.8 Å². The van der Waals surface area contributed by atoms with Gasteiger partial charge in [-0.15, -0.1) is 0 Å². The highest BCUT2D eigenvalue weighted by molar-refractivity contribution is 5.98. The second-order valence-corrected chi connectivity index (χ2v) is 7.39. The van der Waals surface area contributed by atoms with Crippen molar-refractivity contribution in [2.45, 2.75) is 65.5 Å². The summed E-state index contributed by atoms with van der Waals surface area (Å²) in [5, 5.41) is 7.45. The number of rotatable bonds is 6. The second kappa shape index (κ2) is 6.95. The van der Waals surface area contributed by atoms with E-state index in [1.165, 1.54) is 0 Å². The minimum absolute atomic E-state index is 0.0692. The SMILES string of the molecule is CCc1c(NC(=O)C2CCCN2C(=O)C2CC2)cnn1CC(C)C. The lowest BCUT2D eigenvalue weighted by Gasteiger charge is -2.24. The Bertz CT molecular complexity index is 619. The van der Waals surface area contributed by atoms with Crippen LogP contribution in [0, 0.1) is 11.8 Å². The number of nitrogens with one attached hydrogen (secondary N) is 1. The number of hydrogen-bond donors (Lipinski definition) is 1. The molecule has 0 spiro atoms. The Morgan fingerprint density at radius 3 is 2.71 bits per heavy atom. The van der Waals surface area contributed by atoms with E-state index in [2.05, 4.69) is 31.2 Å². The Morgan fingerprint density at radius 1 is 1.33 bits per heavy atom. The average Bonchev–Trinajstić information content (AvgIpc) is 3.15. The lowest BCUT2D eigenvalue weighted by molar-refractivity contribution is -0.137. The van der Waals surface area contributed by atoms with Gasteiger partial charge < -0.3 is 10.2 Å². The number of carbonyl (C=O) groups is 2. The molecule has 1 aromatic heterocycles. The van der Waals surface area contributed by atoms with Crippen molar-refractivity contribution < 1.29 is 9.59 Å². The molecule has 1 aliphatic carbocycles. The molecule has 2 aliphatic rings. The van der Waals surface area contributed by atoms with Crippen LogP contribution in [0.4, 0.5) is 5.69 Å². The third kappa shape index (κ3) is 3.47. The summed E-state index contributed by atoms with van der Waals surface area (Å²) < 4.78 is 1.97. The summed E-state index contributed by atoms with van der Waals surface area (Å²) in [5.74, 6) is 0.762. The van der Waals surface area contributed by atoms with Gasteiger partial charge in [-0.3, -0.25) is 14.3 Å². The molecule has 6 nitrogen and oxygen atoms in total. The summed E-state index contributed by atoms with van der Waals surface area (Å²) in [7, 11) is 0. The molecule has 2 amide bonds. The molecule has 3 rings (SSSR count). The van der Waals surface area contributed by atoms with Gasteiger partial charge in [0.05, 0.1) is 17.6 Å². The molecule has 24 heavy (non-hydrogen) atoms. The minimum Gasteiger partial charge on any atom is -0.330 e. The van der Waals surface area contributed by atoms with Crippen molar-refractivity contribution >= 4 is 17.5 Å². The smallest absolute Gasteiger partial charge is 0.247 e. The maximum absolute atomic E-state index is 12.7. The van der Waals surface area contributed by atoms with Crippen LogP contribution in [0.15, 0.2) is 6.20 Å². The topological polar surface area (TPSA) is 67.2 Å². The van der Waals surface area contributed by atoms with Crippen LogP contribution in [0.3, 0.4) is 0 Å². The molecule has 1 N–H and O–H groups in total. The van der Waals surface area contributed by atoms with Crippen molar-refractivity contribution in [1.29, 1.82) is 0 Å². The molecular formula is C18H28N4O2. The first kappa shape index (κ1) is 17.0. The molecule has 1 aromatic rings. The zero-order valence-corrected chi connectivity index (χ0v) is 14.9. The van der Waals surface area contributed by atoms with Gasteiger partial charge in [-0.25, -0.2) is 0 Å². The Balaban J connectivity index is 1.70. The normalized spacial score (nSPS) is 20.7. The summed E-state index contributed by atoms with van der Waals surface area (Å²) in [4.78, 5) is 26.9. The first-order chi connectivity index (χ1) is 11.5. The van der Waals surface area contributed by atoms with Gasteiger partial charge in [0, 0.05) is 19.0 Å². The van der Waals surface area contributed by atoms with Crippen molar-refractivity contribution in [2.75, 3.05) is 11.9 Å². The van der Waals surface area contributed by atoms with E-state index in [1.54, 1.807) is 11.1 Å². The van der Waals surface area contributed by atoms with Crippen molar-refractivity contribution in [1.82, 2.24) is 14.7 Å². The number of hydrogen-bond acceptors (Lipinski definition) is 3.